The van der Waals surface area contributed by atoms with Gasteiger partial charge in [0.2, 0.25) is 5.91 Å². The molecule has 1 aromatic rings. The zero-order chi connectivity index (χ0) is 17.2. The highest BCUT2D eigenvalue weighted by Crippen LogP contribution is 2.30. The minimum absolute atomic E-state index is 0.0343. The molecule has 1 aliphatic carbocycles. The number of nitrogens with one attached hydrogen (secondary N) is 3. The molecule has 0 radical (unpaired) electrons. The van der Waals surface area contributed by atoms with Crippen LogP contribution in [0.5, 0.6) is 5.75 Å². The van der Waals surface area contributed by atoms with Gasteiger partial charge in [0, 0.05) is 25.7 Å². The number of nitrogens with zero attached hydrogens (tertiary/aromatic N) is 1. The van der Waals surface area contributed by atoms with Gasteiger partial charge >= 0.3 is 0 Å². The maximum atomic E-state index is 11.6. The molecular formula is C18H28N4O2. The Morgan fingerprint density at radius 2 is 2.04 bits per heavy atom. The van der Waals surface area contributed by atoms with Crippen LogP contribution < -0.4 is 20.7 Å². The monoisotopic (exact) mass is 332 g/mol. The highest BCUT2D eigenvalue weighted by Gasteiger charge is 2.22. The van der Waals surface area contributed by atoms with Crippen LogP contribution in [-0.4, -0.2) is 38.6 Å². The van der Waals surface area contributed by atoms with Crippen LogP contribution in [0.2, 0.25) is 0 Å². The van der Waals surface area contributed by atoms with Crippen molar-refractivity contribution in [2.24, 2.45) is 10.9 Å². The van der Waals surface area contributed by atoms with E-state index >= 15 is 0 Å². The van der Waals surface area contributed by atoms with Crippen molar-refractivity contribution < 1.29 is 9.53 Å². The van der Waals surface area contributed by atoms with Gasteiger partial charge in [-0.1, -0.05) is 25.1 Å². The van der Waals surface area contributed by atoms with Gasteiger partial charge in [0.05, 0.1) is 13.2 Å². The molecule has 0 saturated heterocycles. The van der Waals surface area contributed by atoms with Crippen LogP contribution in [0.1, 0.15) is 31.7 Å². The quantitative estimate of drug-likeness (QED) is 0.475. The Hall–Kier alpha value is -2.24. The second-order valence-corrected chi connectivity index (χ2v) is 5.99. The van der Waals surface area contributed by atoms with Crippen molar-refractivity contribution in [2.75, 3.05) is 26.7 Å². The molecule has 6 heteroatoms. The van der Waals surface area contributed by atoms with E-state index in [-0.39, 0.29) is 12.5 Å². The third-order valence-electron chi connectivity index (χ3n) is 3.80. The van der Waals surface area contributed by atoms with Crippen LogP contribution in [0.15, 0.2) is 29.3 Å². The topological polar surface area (TPSA) is 74.8 Å². The lowest BCUT2D eigenvalue weighted by Crippen LogP contribution is -2.43. The number of ether oxygens (including phenoxy) is 1. The van der Waals surface area contributed by atoms with Crippen molar-refractivity contribution in [3.63, 3.8) is 0 Å². The molecule has 132 valence electrons. The summed E-state index contributed by atoms with van der Waals surface area (Å²) < 4.78 is 5.91. The van der Waals surface area contributed by atoms with E-state index in [0.29, 0.717) is 19.0 Å². The first-order chi connectivity index (χ1) is 11.7. The summed E-state index contributed by atoms with van der Waals surface area (Å²) in [5.41, 5.74) is 1.08. The second kappa shape index (κ2) is 9.80. The Bertz CT molecular complexity index is 556. The number of carbonyl (C=O) groups is 1. The van der Waals surface area contributed by atoms with Crippen molar-refractivity contribution in [3.8, 4) is 5.75 Å². The minimum Gasteiger partial charge on any atom is -0.493 e. The summed E-state index contributed by atoms with van der Waals surface area (Å²) in [4.78, 5) is 15.8. The highest BCUT2D eigenvalue weighted by atomic mass is 16.5. The summed E-state index contributed by atoms with van der Waals surface area (Å²) in [7, 11) is 1.69. The summed E-state index contributed by atoms with van der Waals surface area (Å²) in [6, 6.07) is 8.01. The third-order valence-corrected chi connectivity index (χ3v) is 3.80. The first-order valence-corrected chi connectivity index (χ1v) is 8.64. The minimum atomic E-state index is -0.0343. The molecule has 1 fully saturated rings. The zero-order valence-corrected chi connectivity index (χ0v) is 14.6. The molecule has 3 N–H and O–H groups in total. The van der Waals surface area contributed by atoms with Gasteiger partial charge in [0.1, 0.15) is 5.75 Å². The van der Waals surface area contributed by atoms with Crippen molar-refractivity contribution >= 4 is 11.9 Å². The molecule has 0 bridgehead atoms. The number of benzene rings is 1. The number of aliphatic imine (C=N–C) groups is 1. The van der Waals surface area contributed by atoms with Crippen LogP contribution in [0, 0.1) is 5.92 Å². The fraction of sp³-hybridized carbons (Fsp3) is 0.556. The van der Waals surface area contributed by atoms with E-state index < -0.39 is 0 Å². The summed E-state index contributed by atoms with van der Waals surface area (Å²) in [5.74, 6) is 2.20. The lowest BCUT2D eigenvalue weighted by atomic mass is 10.2. The van der Waals surface area contributed by atoms with Crippen molar-refractivity contribution in [1.29, 1.82) is 0 Å². The molecule has 0 atom stereocenters. The maximum Gasteiger partial charge on any atom is 0.239 e. The van der Waals surface area contributed by atoms with Gasteiger partial charge in [-0.25, -0.2) is 0 Å². The second-order valence-electron chi connectivity index (χ2n) is 5.99. The van der Waals surface area contributed by atoms with Crippen molar-refractivity contribution in [1.82, 2.24) is 16.0 Å². The molecule has 0 spiro atoms. The molecule has 1 aromatic carbocycles. The Morgan fingerprint density at radius 1 is 1.25 bits per heavy atom. The van der Waals surface area contributed by atoms with Crippen LogP contribution in [0.4, 0.5) is 0 Å². The first-order valence-electron chi connectivity index (χ1n) is 8.64. The molecule has 0 aromatic heterocycles. The van der Waals surface area contributed by atoms with Crippen molar-refractivity contribution in [3.05, 3.63) is 29.8 Å². The van der Waals surface area contributed by atoms with Gasteiger partial charge < -0.3 is 20.7 Å². The summed E-state index contributed by atoms with van der Waals surface area (Å²) >= 11 is 0. The van der Waals surface area contributed by atoms with Crippen LogP contribution >= 0.6 is 0 Å². The van der Waals surface area contributed by atoms with E-state index in [4.69, 9.17) is 4.74 Å². The molecule has 0 aliphatic heterocycles. The van der Waals surface area contributed by atoms with Crippen LogP contribution in [0.25, 0.3) is 0 Å². The predicted molar refractivity (Wildman–Crippen MR) is 96.2 cm³/mol. The van der Waals surface area contributed by atoms with E-state index in [1.165, 1.54) is 12.8 Å². The fourth-order valence-corrected chi connectivity index (χ4v) is 2.17. The maximum absolute atomic E-state index is 11.6. The summed E-state index contributed by atoms with van der Waals surface area (Å²) in [6.45, 7) is 4.31. The Kier molecular flexibility index (Phi) is 7.39. The summed E-state index contributed by atoms with van der Waals surface area (Å²) in [5, 5.41) is 9.06. The Labute approximate surface area is 144 Å². The predicted octanol–water partition coefficient (Wildman–Crippen LogP) is 1.67. The molecule has 0 heterocycles. The average molecular weight is 332 g/mol. The Balaban J connectivity index is 1.78. The van der Waals surface area contributed by atoms with E-state index in [9.17, 15) is 4.79 Å². The number of amides is 1. The van der Waals surface area contributed by atoms with Crippen LogP contribution in [0.3, 0.4) is 0 Å². The van der Waals surface area contributed by atoms with E-state index in [0.717, 1.165) is 30.3 Å². The molecular weight excluding hydrogens is 304 g/mol. The highest BCUT2D eigenvalue weighted by molar-refractivity contribution is 5.86. The molecule has 2 rings (SSSR count). The number of rotatable bonds is 9. The van der Waals surface area contributed by atoms with Crippen molar-refractivity contribution in [2.45, 2.75) is 32.7 Å². The smallest absolute Gasteiger partial charge is 0.239 e. The molecule has 1 aliphatic rings. The Morgan fingerprint density at radius 3 is 2.75 bits per heavy atom. The standard InChI is InChI=1S/C18H28N4O2/c1-3-10-20-17(23)12-22-18(19-2)21-11-15-6-4-5-7-16(15)24-13-14-8-9-14/h4-7,14H,3,8-13H2,1-2H3,(H,20,23)(H2,19,21,22). The summed E-state index contributed by atoms with van der Waals surface area (Å²) in [6.07, 6.45) is 3.48. The largest absolute Gasteiger partial charge is 0.493 e. The number of carbonyl (C=O) groups excluding carboxylic acids is 1. The normalized spacial score (nSPS) is 14.2. The third kappa shape index (κ3) is 6.48. The zero-order valence-electron chi connectivity index (χ0n) is 14.6. The first kappa shape index (κ1) is 18.1. The molecule has 1 saturated carbocycles. The van der Waals surface area contributed by atoms with Gasteiger partial charge in [0.15, 0.2) is 5.96 Å². The van der Waals surface area contributed by atoms with Gasteiger partial charge in [-0.15, -0.1) is 0 Å². The SMILES string of the molecule is CCCNC(=O)CNC(=NC)NCc1ccccc1OCC1CC1. The van der Waals surface area contributed by atoms with Gasteiger partial charge in [-0.05, 0) is 31.2 Å². The number of hydrogen-bond acceptors (Lipinski definition) is 3. The number of para-hydroxylation sites is 1. The number of guanidine groups is 1. The molecule has 6 nitrogen and oxygen atoms in total. The van der Waals surface area contributed by atoms with E-state index in [2.05, 4.69) is 20.9 Å². The van der Waals surface area contributed by atoms with Gasteiger partial charge in [-0.2, -0.15) is 0 Å². The lowest BCUT2D eigenvalue weighted by Gasteiger charge is -2.14. The fourth-order valence-electron chi connectivity index (χ4n) is 2.17. The lowest BCUT2D eigenvalue weighted by molar-refractivity contribution is -0.120. The van der Waals surface area contributed by atoms with Gasteiger partial charge in [-0.3, -0.25) is 9.79 Å². The van der Waals surface area contributed by atoms with E-state index in [1.807, 2.05) is 31.2 Å². The van der Waals surface area contributed by atoms with Gasteiger partial charge in [0.25, 0.3) is 0 Å². The molecule has 24 heavy (non-hydrogen) atoms. The number of hydrogen-bond donors (Lipinski definition) is 3. The molecule has 0 unspecified atom stereocenters. The molecule has 1 amide bonds. The van der Waals surface area contributed by atoms with Crippen LogP contribution in [-0.2, 0) is 11.3 Å². The van der Waals surface area contributed by atoms with E-state index in [1.54, 1.807) is 7.05 Å². The average Bonchev–Trinajstić information content (AvgIpc) is 3.43.